The van der Waals surface area contributed by atoms with Crippen LogP contribution in [0, 0.1) is 6.92 Å². The molecule has 0 atom stereocenters. The van der Waals surface area contributed by atoms with E-state index in [0.717, 1.165) is 11.3 Å². The first-order valence-electron chi connectivity index (χ1n) is 4.11. The molecular weight excluding hydrogens is 166 g/mol. The van der Waals surface area contributed by atoms with Crippen LogP contribution in [0.15, 0.2) is 18.3 Å². The van der Waals surface area contributed by atoms with E-state index in [9.17, 15) is 4.79 Å². The molecule has 0 aromatic carbocycles. The monoisotopic (exact) mass is 179 g/mol. The van der Waals surface area contributed by atoms with E-state index in [1.165, 1.54) is 0 Å². The van der Waals surface area contributed by atoms with Crippen molar-refractivity contribution >= 4 is 5.97 Å². The lowest BCUT2D eigenvalue weighted by molar-refractivity contribution is -0.142. The van der Waals surface area contributed by atoms with Crippen LogP contribution in [0.4, 0.5) is 0 Å². The van der Waals surface area contributed by atoms with Gasteiger partial charge in [-0.3, -0.25) is 9.78 Å². The van der Waals surface area contributed by atoms with Crippen LogP contribution in [0.1, 0.15) is 25.1 Å². The number of aromatic nitrogens is 1. The fraction of sp³-hybridized carbons (Fsp3) is 0.400. The second kappa shape index (κ2) is 3.17. The van der Waals surface area contributed by atoms with Crippen molar-refractivity contribution in [3.05, 3.63) is 29.6 Å². The van der Waals surface area contributed by atoms with E-state index in [0.29, 0.717) is 0 Å². The molecule has 1 N–H and O–H groups in total. The molecule has 0 aliphatic carbocycles. The van der Waals surface area contributed by atoms with Gasteiger partial charge in [-0.2, -0.15) is 0 Å². The van der Waals surface area contributed by atoms with Crippen LogP contribution in [-0.2, 0) is 10.2 Å². The minimum Gasteiger partial charge on any atom is -0.481 e. The molecule has 0 saturated carbocycles. The standard InChI is InChI=1S/C10H13NO2/c1-7-4-5-8(6-11-7)10(2,3)9(12)13/h4-6H,1-3H3,(H,12,13). The van der Waals surface area contributed by atoms with Gasteiger partial charge in [0.2, 0.25) is 0 Å². The van der Waals surface area contributed by atoms with E-state index in [2.05, 4.69) is 4.98 Å². The maximum absolute atomic E-state index is 10.9. The minimum atomic E-state index is -0.860. The highest BCUT2D eigenvalue weighted by Gasteiger charge is 2.29. The molecular formula is C10H13NO2. The number of carbonyl (C=O) groups is 1. The number of carboxylic acid groups (broad SMARTS) is 1. The molecule has 0 bridgehead atoms. The van der Waals surface area contributed by atoms with Crippen molar-refractivity contribution in [3.8, 4) is 0 Å². The van der Waals surface area contributed by atoms with Crippen LogP contribution in [0.25, 0.3) is 0 Å². The number of carboxylic acids is 1. The van der Waals surface area contributed by atoms with Crippen LogP contribution < -0.4 is 0 Å². The number of pyridine rings is 1. The molecule has 0 amide bonds. The Morgan fingerprint density at radius 1 is 1.46 bits per heavy atom. The zero-order valence-corrected chi connectivity index (χ0v) is 8.03. The van der Waals surface area contributed by atoms with Gasteiger partial charge in [-0.25, -0.2) is 0 Å². The lowest BCUT2D eigenvalue weighted by Gasteiger charge is -2.18. The van der Waals surface area contributed by atoms with Gasteiger partial charge < -0.3 is 5.11 Å². The number of aliphatic carboxylic acids is 1. The Balaban J connectivity index is 3.08. The normalized spacial score (nSPS) is 11.3. The molecule has 13 heavy (non-hydrogen) atoms. The van der Waals surface area contributed by atoms with E-state index >= 15 is 0 Å². The maximum Gasteiger partial charge on any atom is 0.313 e. The fourth-order valence-corrected chi connectivity index (χ4v) is 0.961. The largest absolute Gasteiger partial charge is 0.481 e. The molecule has 0 aliphatic heterocycles. The third kappa shape index (κ3) is 1.86. The van der Waals surface area contributed by atoms with Crippen molar-refractivity contribution in [3.63, 3.8) is 0 Å². The van der Waals surface area contributed by atoms with Crippen molar-refractivity contribution in [2.24, 2.45) is 0 Å². The SMILES string of the molecule is Cc1ccc(C(C)(C)C(=O)O)cn1. The first kappa shape index (κ1) is 9.71. The average Bonchev–Trinajstić information content (AvgIpc) is 2.04. The highest BCUT2D eigenvalue weighted by atomic mass is 16.4. The summed E-state index contributed by atoms with van der Waals surface area (Å²) in [6.45, 7) is 5.21. The third-order valence-electron chi connectivity index (χ3n) is 2.17. The Hall–Kier alpha value is -1.38. The lowest BCUT2D eigenvalue weighted by Crippen LogP contribution is -2.28. The Labute approximate surface area is 77.4 Å². The van der Waals surface area contributed by atoms with Gasteiger partial charge in [-0.1, -0.05) is 6.07 Å². The zero-order valence-electron chi connectivity index (χ0n) is 8.03. The van der Waals surface area contributed by atoms with Crippen molar-refractivity contribution in [1.29, 1.82) is 0 Å². The van der Waals surface area contributed by atoms with Crippen LogP contribution in [-0.4, -0.2) is 16.1 Å². The fourth-order valence-electron chi connectivity index (χ4n) is 0.961. The predicted octanol–water partition coefficient (Wildman–Crippen LogP) is 1.75. The van der Waals surface area contributed by atoms with Crippen molar-refractivity contribution in [2.75, 3.05) is 0 Å². The number of hydrogen-bond donors (Lipinski definition) is 1. The van der Waals surface area contributed by atoms with Crippen LogP contribution in [0.3, 0.4) is 0 Å². The quantitative estimate of drug-likeness (QED) is 0.752. The number of hydrogen-bond acceptors (Lipinski definition) is 2. The first-order chi connectivity index (χ1) is 5.94. The highest BCUT2D eigenvalue weighted by molar-refractivity contribution is 5.80. The summed E-state index contributed by atoms with van der Waals surface area (Å²) in [4.78, 5) is 14.9. The smallest absolute Gasteiger partial charge is 0.313 e. The van der Waals surface area contributed by atoms with Crippen LogP contribution in [0.2, 0.25) is 0 Å². The molecule has 0 spiro atoms. The molecule has 0 aliphatic rings. The first-order valence-corrected chi connectivity index (χ1v) is 4.11. The molecule has 0 saturated heterocycles. The summed E-state index contributed by atoms with van der Waals surface area (Å²) in [6, 6.07) is 3.62. The Morgan fingerprint density at radius 2 is 2.08 bits per heavy atom. The molecule has 0 fully saturated rings. The summed E-state index contributed by atoms with van der Waals surface area (Å²) >= 11 is 0. The van der Waals surface area contributed by atoms with Crippen LogP contribution >= 0.6 is 0 Å². The second-order valence-electron chi connectivity index (χ2n) is 3.62. The van der Waals surface area contributed by atoms with Gasteiger partial charge in [0.15, 0.2) is 0 Å². The molecule has 1 heterocycles. The van der Waals surface area contributed by atoms with E-state index < -0.39 is 11.4 Å². The molecule has 1 aromatic rings. The molecule has 1 rings (SSSR count). The number of rotatable bonds is 2. The highest BCUT2D eigenvalue weighted by Crippen LogP contribution is 2.22. The van der Waals surface area contributed by atoms with E-state index in [1.807, 2.05) is 13.0 Å². The minimum absolute atomic E-state index is 0.727. The lowest BCUT2D eigenvalue weighted by atomic mass is 9.86. The molecule has 0 radical (unpaired) electrons. The second-order valence-corrected chi connectivity index (χ2v) is 3.62. The summed E-state index contributed by atoms with van der Waals surface area (Å²) in [5, 5.41) is 8.94. The Kier molecular flexibility index (Phi) is 2.36. The van der Waals surface area contributed by atoms with Gasteiger partial charge in [0.1, 0.15) is 0 Å². The molecule has 1 aromatic heterocycles. The Morgan fingerprint density at radius 3 is 2.46 bits per heavy atom. The van der Waals surface area contributed by atoms with Gasteiger partial charge in [-0.15, -0.1) is 0 Å². The summed E-state index contributed by atoms with van der Waals surface area (Å²) in [5.41, 5.74) is 0.760. The van der Waals surface area contributed by atoms with E-state index in [-0.39, 0.29) is 0 Å². The van der Waals surface area contributed by atoms with Gasteiger partial charge >= 0.3 is 5.97 Å². The van der Waals surface area contributed by atoms with Crippen molar-refractivity contribution < 1.29 is 9.90 Å². The number of aryl methyl sites for hydroxylation is 1. The average molecular weight is 179 g/mol. The number of nitrogens with zero attached hydrogens (tertiary/aromatic N) is 1. The molecule has 70 valence electrons. The molecule has 3 nitrogen and oxygen atoms in total. The third-order valence-corrected chi connectivity index (χ3v) is 2.17. The van der Waals surface area contributed by atoms with Crippen molar-refractivity contribution in [1.82, 2.24) is 4.98 Å². The zero-order chi connectivity index (χ0) is 10.1. The van der Waals surface area contributed by atoms with Crippen LogP contribution in [0.5, 0.6) is 0 Å². The maximum atomic E-state index is 10.9. The topological polar surface area (TPSA) is 50.2 Å². The Bertz CT molecular complexity index is 314. The van der Waals surface area contributed by atoms with Gasteiger partial charge in [0.25, 0.3) is 0 Å². The van der Waals surface area contributed by atoms with Crippen molar-refractivity contribution in [2.45, 2.75) is 26.2 Å². The van der Waals surface area contributed by atoms with Gasteiger partial charge in [0, 0.05) is 11.9 Å². The van der Waals surface area contributed by atoms with Gasteiger partial charge in [-0.05, 0) is 32.4 Å². The molecule has 3 heteroatoms. The predicted molar refractivity (Wildman–Crippen MR) is 49.6 cm³/mol. The van der Waals surface area contributed by atoms with Gasteiger partial charge in [0.05, 0.1) is 5.41 Å². The van der Waals surface area contributed by atoms with E-state index in [1.54, 1.807) is 26.1 Å². The van der Waals surface area contributed by atoms with E-state index in [4.69, 9.17) is 5.11 Å². The molecule has 0 unspecified atom stereocenters. The summed E-state index contributed by atoms with van der Waals surface area (Å²) < 4.78 is 0. The summed E-state index contributed by atoms with van der Waals surface area (Å²) in [7, 11) is 0. The summed E-state index contributed by atoms with van der Waals surface area (Å²) in [6.07, 6.45) is 1.61. The summed E-state index contributed by atoms with van der Waals surface area (Å²) in [5.74, 6) is -0.835.